The number of allylic oxidation sites excluding steroid dienone is 4. The fraction of sp³-hybridized carbons (Fsp3) is 0.455. The smallest absolute Gasteiger partial charge is 0.338 e. The van der Waals surface area contributed by atoms with Gasteiger partial charge in [0.1, 0.15) is 18.3 Å². The number of hydrogen-bond acceptors (Lipinski definition) is 17. The summed E-state index contributed by atoms with van der Waals surface area (Å²) in [5, 5.41) is 50.0. The van der Waals surface area contributed by atoms with Gasteiger partial charge in [0.15, 0.2) is 0 Å². The van der Waals surface area contributed by atoms with Crippen LogP contribution < -0.4 is 6.15 Å². The van der Waals surface area contributed by atoms with Gasteiger partial charge in [0.2, 0.25) is 0 Å². The van der Waals surface area contributed by atoms with Gasteiger partial charge < -0.3 is 25.5 Å². The van der Waals surface area contributed by atoms with E-state index in [0.717, 1.165) is 74.9 Å². The Labute approximate surface area is 387 Å². The summed E-state index contributed by atoms with van der Waals surface area (Å²) in [6, 6.07) is 5.25. The highest BCUT2D eigenvalue weighted by atomic mass is 35.5. The summed E-state index contributed by atoms with van der Waals surface area (Å²) < 4.78 is 15.0. The van der Waals surface area contributed by atoms with Crippen molar-refractivity contribution < 1.29 is 58.2 Å². The molecule has 2 aromatic carbocycles. The van der Waals surface area contributed by atoms with Crippen LogP contribution in [0.5, 0.6) is 0 Å². The van der Waals surface area contributed by atoms with Gasteiger partial charge in [0.05, 0.1) is 43.5 Å². The van der Waals surface area contributed by atoms with Crippen LogP contribution in [0.3, 0.4) is 0 Å². The molecule has 0 aliphatic heterocycles. The Morgan fingerprint density at radius 2 is 0.848 bits per heavy atom. The number of hydrogen-bond donors (Lipinski definition) is 2. The van der Waals surface area contributed by atoms with Crippen molar-refractivity contribution in [2.24, 2.45) is 23.7 Å². The molecule has 0 radical (unpaired) electrons. The van der Waals surface area contributed by atoms with Crippen LogP contribution in [0.1, 0.15) is 101 Å². The van der Waals surface area contributed by atoms with E-state index in [4.69, 9.17) is 30.9 Å². The standard InChI is InChI=1S/C13H12N2O6.2C8H12O2.C7H3ClN2O5.C6H10O.2CH4.H3N/c1-2-3-8-6-12(8)21-13(16)9-4-10(14(17)18)7-11(5-9)15(19)20;2*1-3-4-7-5-8(7)10-6(2)9;8-7(11)4-1-5(9(12)13)3-6(2-4)10(14)15;1-2-3-5-4-6(5)7;;;/h2,4-5,7-8,12H,1,3,6H2;2*3,7-8H,1,4-5H2,2H3;1-3H;2,5-7H,1,3-4H2;2*1H4;1H3/t8-,12-;7-,8?;7-,8-;;5-,6-;;;/m100.1.../s1. The molecule has 8 atom stereocenters. The molecule has 4 N–H and O–H groups in total. The summed E-state index contributed by atoms with van der Waals surface area (Å²) in [7, 11) is 0. The van der Waals surface area contributed by atoms with Gasteiger partial charge in [-0.15, -0.1) is 26.3 Å². The number of rotatable bonds is 17. The molecule has 2 aromatic rings. The number of carbonyl (C=O) groups excluding carboxylic acids is 4. The molecule has 4 aliphatic carbocycles. The number of esters is 3. The van der Waals surface area contributed by atoms with Gasteiger partial charge in [-0.25, -0.2) is 4.79 Å². The number of aliphatic hydroxyl groups excluding tert-OH is 1. The highest BCUT2D eigenvalue weighted by molar-refractivity contribution is 6.67. The summed E-state index contributed by atoms with van der Waals surface area (Å²) in [5.41, 5.74) is -2.61. The quantitative estimate of drug-likeness (QED) is 0.0372. The Morgan fingerprint density at radius 1 is 0.576 bits per heavy atom. The number of non-ortho nitro benzene ring substituents is 4. The molecule has 66 heavy (non-hydrogen) atoms. The Balaban J connectivity index is 0. The van der Waals surface area contributed by atoms with Gasteiger partial charge in [-0.2, -0.15) is 0 Å². The predicted octanol–water partition coefficient (Wildman–Crippen LogP) is 9.91. The first kappa shape index (κ1) is 61.4. The SMILES string of the molecule is C.C.C=CC[C@@H]1C[C@H]1O.C=CC[C@@H]1C[C@H]1OC(=O)c1cc([N+](=O)[O-])cc([N+](=O)[O-])c1.C=CC[C@H]1CC1OC(C)=O.C=CC[C@H]1C[C@@H]1OC(C)=O.N.O=C(Cl)c1cc([N+](=O)[O-])cc([N+](=O)[O-])c1. The molecule has 0 spiro atoms. The fourth-order valence-corrected chi connectivity index (χ4v) is 5.76. The molecule has 0 aromatic heterocycles. The van der Waals surface area contributed by atoms with Gasteiger partial charge in [0, 0.05) is 61.4 Å². The number of benzene rings is 2. The third-order valence-electron chi connectivity index (χ3n) is 9.34. The molecule has 0 saturated heterocycles. The lowest BCUT2D eigenvalue weighted by Gasteiger charge is -2.04. The molecule has 4 saturated carbocycles. The van der Waals surface area contributed by atoms with Gasteiger partial charge in [-0.1, -0.05) is 39.2 Å². The van der Waals surface area contributed by atoms with Gasteiger partial charge >= 0.3 is 17.9 Å². The number of nitrogens with zero attached hydrogens (tertiary/aromatic N) is 4. The van der Waals surface area contributed by atoms with Crippen molar-refractivity contribution >= 4 is 57.5 Å². The zero-order chi connectivity index (χ0) is 47.6. The van der Waals surface area contributed by atoms with E-state index in [1.165, 1.54) is 13.8 Å². The van der Waals surface area contributed by atoms with Gasteiger partial charge in [-0.3, -0.25) is 54.8 Å². The second-order valence-electron chi connectivity index (χ2n) is 14.7. The van der Waals surface area contributed by atoms with E-state index >= 15 is 0 Å². The largest absolute Gasteiger partial charge is 0.462 e. The number of ether oxygens (including phenoxy) is 3. The minimum absolute atomic E-state index is 0. The maximum Gasteiger partial charge on any atom is 0.338 e. The molecule has 0 amide bonds. The van der Waals surface area contributed by atoms with Gasteiger partial charge in [-0.05, 0) is 68.9 Å². The van der Waals surface area contributed by atoms with Crippen LogP contribution in [0.25, 0.3) is 0 Å². The summed E-state index contributed by atoms with van der Waals surface area (Å²) in [4.78, 5) is 82.4. The average Bonchev–Trinajstić information content (AvgIpc) is 4.10. The van der Waals surface area contributed by atoms with Crippen molar-refractivity contribution in [3.05, 3.63) is 139 Å². The molecule has 0 heterocycles. The van der Waals surface area contributed by atoms with Crippen molar-refractivity contribution in [1.82, 2.24) is 6.15 Å². The first-order valence-corrected chi connectivity index (χ1v) is 19.8. The molecular formula is C44H60ClN5O16. The van der Waals surface area contributed by atoms with Crippen molar-refractivity contribution in [2.45, 2.75) is 104 Å². The highest BCUT2D eigenvalue weighted by Gasteiger charge is 2.41. The van der Waals surface area contributed by atoms with E-state index in [-0.39, 0.29) is 74.4 Å². The van der Waals surface area contributed by atoms with E-state index in [1.807, 2.05) is 18.2 Å². The molecule has 4 aliphatic rings. The number of carbonyl (C=O) groups is 4. The zero-order valence-corrected chi connectivity index (χ0v) is 36.1. The molecule has 4 fully saturated rings. The summed E-state index contributed by atoms with van der Waals surface area (Å²) in [5.74, 6) is 0.743. The molecule has 0 bridgehead atoms. The second kappa shape index (κ2) is 29.7. The van der Waals surface area contributed by atoms with Crippen LogP contribution in [0.2, 0.25) is 0 Å². The van der Waals surface area contributed by atoms with E-state index in [9.17, 15) is 59.6 Å². The average molecular weight is 950 g/mol. The normalized spacial score (nSPS) is 21.3. The van der Waals surface area contributed by atoms with Crippen molar-refractivity contribution in [2.75, 3.05) is 0 Å². The van der Waals surface area contributed by atoms with Crippen LogP contribution in [0.15, 0.2) is 87.0 Å². The fourth-order valence-electron chi connectivity index (χ4n) is 5.65. The highest BCUT2D eigenvalue weighted by Crippen LogP contribution is 2.39. The number of nitro groups is 4. The molecular weight excluding hydrogens is 890 g/mol. The zero-order valence-electron chi connectivity index (χ0n) is 35.3. The van der Waals surface area contributed by atoms with Crippen molar-refractivity contribution in [3.63, 3.8) is 0 Å². The summed E-state index contributed by atoms with van der Waals surface area (Å²) >= 11 is 5.07. The van der Waals surface area contributed by atoms with E-state index in [1.54, 1.807) is 6.08 Å². The molecule has 364 valence electrons. The molecule has 1 unspecified atom stereocenters. The summed E-state index contributed by atoms with van der Waals surface area (Å²) in [6.07, 6.45) is 14.8. The van der Waals surface area contributed by atoms with Crippen molar-refractivity contribution in [1.29, 1.82) is 0 Å². The Morgan fingerprint density at radius 3 is 1.08 bits per heavy atom. The maximum absolute atomic E-state index is 11.9. The Hall–Kier alpha value is -6.71. The minimum atomic E-state index is -0.984. The van der Waals surface area contributed by atoms with Crippen LogP contribution in [-0.2, 0) is 23.8 Å². The third-order valence-corrected chi connectivity index (χ3v) is 9.56. The topological polar surface area (TPSA) is 324 Å². The van der Waals surface area contributed by atoms with Gasteiger partial charge in [0.25, 0.3) is 28.0 Å². The second-order valence-corrected chi connectivity index (χ2v) is 15.0. The Bertz CT molecular complexity index is 1930. The third kappa shape index (κ3) is 22.8. The number of aliphatic hydroxyl groups is 1. The van der Waals surface area contributed by atoms with E-state index in [2.05, 4.69) is 26.3 Å². The van der Waals surface area contributed by atoms with Crippen LogP contribution in [-0.4, -0.2) is 72.4 Å². The van der Waals surface area contributed by atoms with Crippen LogP contribution >= 0.6 is 11.6 Å². The number of halogens is 1. The van der Waals surface area contributed by atoms with Crippen molar-refractivity contribution in [3.8, 4) is 0 Å². The molecule has 22 heteroatoms. The predicted molar refractivity (Wildman–Crippen MR) is 246 cm³/mol. The lowest BCUT2D eigenvalue weighted by atomic mass is 10.2. The van der Waals surface area contributed by atoms with Crippen LogP contribution in [0, 0.1) is 64.1 Å². The lowest BCUT2D eigenvalue weighted by Crippen LogP contribution is -2.09. The molecule has 6 rings (SSSR count). The first-order valence-electron chi connectivity index (χ1n) is 19.4. The number of nitro benzene ring substituents is 4. The van der Waals surface area contributed by atoms with Crippen LogP contribution in [0.4, 0.5) is 22.7 Å². The first-order chi connectivity index (χ1) is 29.6. The van der Waals surface area contributed by atoms with E-state index < -0.39 is 53.7 Å². The summed E-state index contributed by atoms with van der Waals surface area (Å²) in [6.45, 7) is 17.3. The minimum Gasteiger partial charge on any atom is -0.462 e. The molecule has 21 nitrogen and oxygen atoms in total. The maximum atomic E-state index is 11.9. The monoisotopic (exact) mass is 949 g/mol. The Kier molecular flexibility index (Phi) is 27.6. The lowest BCUT2D eigenvalue weighted by molar-refractivity contribution is -0.394. The van der Waals surface area contributed by atoms with E-state index in [0.29, 0.717) is 30.6 Å².